The zero-order chi connectivity index (χ0) is 11.4. The van der Waals surface area contributed by atoms with Gasteiger partial charge in [-0.2, -0.15) is 0 Å². The molecule has 2 aliphatic rings. The molecule has 0 aliphatic heterocycles. The van der Waals surface area contributed by atoms with Crippen LogP contribution in [-0.2, 0) is 9.53 Å². The van der Waals surface area contributed by atoms with Crippen LogP contribution in [0.25, 0.3) is 0 Å². The molecule has 16 heavy (non-hydrogen) atoms. The molecule has 2 rings (SSSR count). The maximum absolute atomic E-state index is 12.6. The van der Waals surface area contributed by atoms with E-state index in [9.17, 15) is 4.79 Å². The Balaban J connectivity index is 2.04. The lowest BCUT2D eigenvalue weighted by molar-refractivity contribution is -0.150. The Kier molecular flexibility index (Phi) is 4.01. The molecule has 0 radical (unpaired) electrons. The summed E-state index contributed by atoms with van der Waals surface area (Å²) < 4.78 is 5.64. The van der Waals surface area contributed by atoms with Gasteiger partial charge in [-0.25, -0.2) is 0 Å². The second-order valence-corrected chi connectivity index (χ2v) is 5.46. The van der Waals surface area contributed by atoms with E-state index in [-0.39, 0.29) is 0 Å². The lowest BCUT2D eigenvalue weighted by Gasteiger charge is -2.38. The normalized spacial score (nSPS) is 26.6. The largest absolute Gasteiger partial charge is 0.370 e. The minimum Gasteiger partial charge on any atom is -0.370 e. The first kappa shape index (κ1) is 12.1. The van der Waals surface area contributed by atoms with Crippen LogP contribution in [-0.4, -0.2) is 18.5 Å². The van der Waals surface area contributed by atoms with Crippen LogP contribution < -0.4 is 0 Å². The number of hydrogen-bond acceptors (Lipinski definition) is 2. The predicted octanol–water partition coefficient (Wildman–Crippen LogP) is 3.49. The molecule has 0 aromatic heterocycles. The Hall–Kier alpha value is -0.370. The summed E-state index contributed by atoms with van der Waals surface area (Å²) in [6.07, 6.45) is 11.5. The molecule has 2 heteroatoms. The fourth-order valence-corrected chi connectivity index (χ4v) is 3.41. The Bertz CT molecular complexity index is 235. The molecular formula is C14H24O2. The van der Waals surface area contributed by atoms with E-state index in [4.69, 9.17) is 4.74 Å². The summed E-state index contributed by atoms with van der Waals surface area (Å²) in [5, 5.41) is 0. The lowest BCUT2D eigenvalue weighted by Crippen LogP contribution is -2.46. The van der Waals surface area contributed by atoms with Crippen LogP contribution >= 0.6 is 0 Å². The van der Waals surface area contributed by atoms with Gasteiger partial charge in [-0.3, -0.25) is 4.79 Å². The van der Waals surface area contributed by atoms with Gasteiger partial charge in [0.2, 0.25) is 0 Å². The maximum Gasteiger partial charge on any atom is 0.167 e. The molecule has 2 fully saturated rings. The SMILES string of the molecule is COC1(C(=O)C2CCCCC2)CCCCC1. The number of carbonyl (C=O) groups is 1. The first-order chi connectivity index (χ1) is 7.78. The van der Waals surface area contributed by atoms with Crippen molar-refractivity contribution in [3.8, 4) is 0 Å². The quantitative estimate of drug-likeness (QED) is 0.733. The van der Waals surface area contributed by atoms with E-state index < -0.39 is 5.60 Å². The fourth-order valence-electron chi connectivity index (χ4n) is 3.41. The highest BCUT2D eigenvalue weighted by atomic mass is 16.5. The van der Waals surface area contributed by atoms with E-state index in [0.29, 0.717) is 11.7 Å². The molecular weight excluding hydrogens is 200 g/mol. The molecule has 0 atom stereocenters. The van der Waals surface area contributed by atoms with Crippen LogP contribution in [0, 0.1) is 5.92 Å². The van der Waals surface area contributed by atoms with E-state index in [1.807, 2.05) is 0 Å². The lowest BCUT2D eigenvalue weighted by atomic mass is 9.73. The molecule has 0 bridgehead atoms. The number of Topliss-reactive ketones (excluding diaryl/α,β-unsaturated/α-hetero) is 1. The molecule has 0 N–H and O–H groups in total. The Morgan fingerprint density at radius 3 is 2.12 bits per heavy atom. The standard InChI is InChI=1S/C14H24O2/c1-16-14(10-6-3-7-11-14)13(15)12-8-4-2-5-9-12/h12H,2-11H2,1H3. The minimum atomic E-state index is -0.403. The van der Waals surface area contributed by atoms with Gasteiger partial charge in [0.25, 0.3) is 0 Å². The molecule has 2 aliphatic carbocycles. The zero-order valence-electron chi connectivity index (χ0n) is 10.5. The highest BCUT2D eigenvalue weighted by molar-refractivity contribution is 5.89. The smallest absolute Gasteiger partial charge is 0.167 e. The van der Waals surface area contributed by atoms with Crippen LogP contribution in [0.2, 0.25) is 0 Å². The number of carbonyl (C=O) groups excluding carboxylic acids is 1. The average molecular weight is 224 g/mol. The van der Waals surface area contributed by atoms with Gasteiger partial charge in [0.05, 0.1) is 0 Å². The third-order valence-corrected chi connectivity index (χ3v) is 4.48. The van der Waals surface area contributed by atoms with Crippen molar-refractivity contribution in [2.24, 2.45) is 5.92 Å². The van der Waals surface area contributed by atoms with Crippen molar-refractivity contribution >= 4 is 5.78 Å². The van der Waals surface area contributed by atoms with Gasteiger partial charge < -0.3 is 4.74 Å². The third kappa shape index (κ3) is 2.32. The highest BCUT2D eigenvalue weighted by Gasteiger charge is 2.42. The molecule has 0 aromatic rings. The third-order valence-electron chi connectivity index (χ3n) is 4.48. The molecule has 0 spiro atoms. The van der Waals surface area contributed by atoms with Crippen LogP contribution in [0.5, 0.6) is 0 Å². The summed E-state index contributed by atoms with van der Waals surface area (Å²) in [6, 6.07) is 0. The van der Waals surface area contributed by atoms with Gasteiger partial charge in [0, 0.05) is 13.0 Å². The summed E-state index contributed by atoms with van der Waals surface area (Å²) in [6.45, 7) is 0. The van der Waals surface area contributed by atoms with Crippen molar-refractivity contribution in [3.63, 3.8) is 0 Å². The van der Waals surface area contributed by atoms with Crippen LogP contribution in [0.4, 0.5) is 0 Å². The van der Waals surface area contributed by atoms with Crippen LogP contribution in [0.3, 0.4) is 0 Å². The van der Waals surface area contributed by atoms with Crippen molar-refractivity contribution in [2.75, 3.05) is 7.11 Å². The first-order valence-corrected chi connectivity index (χ1v) is 6.88. The Labute approximate surface area is 98.7 Å². The molecule has 0 aromatic carbocycles. The van der Waals surface area contributed by atoms with E-state index in [1.165, 1.54) is 25.7 Å². The van der Waals surface area contributed by atoms with Gasteiger partial charge in [-0.1, -0.05) is 38.5 Å². The highest BCUT2D eigenvalue weighted by Crippen LogP contribution is 2.37. The summed E-state index contributed by atoms with van der Waals surface area (Å²) in [5.41, 5.74) is -0.403. The van der Waals surface area contributed by atoms with Crippen molar-refractivity contribution < 1.29 is 9.53 Å². The van der Waals surface area contributed by atoms with E-state index >= 15 is 0 Å². The van der Waals surface area contributed by atoms with Gasteiger partial charge in [-0.05, 0) is 25.7 Å². The molecule has 0 amide bonds. The number of hydrogen-bond donors (Lipinski definition) is 0. The fraction of sp³-hybridized carbons (Fsp3) is 0.929. The average Bonchev–Trinajstić information content (AvgIpc) is 2.39. The monoisotopic (exact) mass is 224 g/mol. The maximum atomic E-state index is 12.6. The van der Waals surface area contributed by atoms with Gasteiger partial charge in [-0.15, -0.1) is 0 Å². The second-order valence-electron chi connectivity index (χ2n) is 5.46. The van der Waals surface area contributed by atoms with Crippen molar-refractivity contribution in [3.05, 3.63) is 0 Å². The van der Waals surface area contributed by atoms with Crippen molar-refractivity contribution in [1.82, 2.24) is 0 Å². The number of rotatable bonds is 3. The van der Waals surface area contributed by atoms with Gasteiger partial charge >= 0.3 is 0 Å². The molecule has 2 nitrogen and oxygen atoms in total. The van der Waals surface area contributed by atoms with E-state index in [2.05, 4.69) is 0 Å². The van der Waals surface area contributed by atoms with E-state index in [1.54, 1.807) is 7.11 Å². The first-order valence-electron chi connectivity index (χ1n) is 6.88. The van der Waals surface area contributed by atoms with Crippen molar-refractivity contribution in [1.29, 1.82) is 0 Å². The molecule has 0 saturated heterocycles. The number of ketones is 1. The molecule has 2 saturated carbocycles. The van der Waals surface area contributed by atoms with Gasteiger partial charge in [0.15, 0.2) is 5.78 Å². The summed E-state index contributed by atoms with van der Waals surface area (Å²) in [4.78, 5) is 12.6. The topological polar surface area (TPSA) is 26.3 Å². The minimum absolute atomic E-state index is 0.298. The summed E-state index contributed by atoms with van der Waals surface area (Å²) in [5.74, 6) is 0.723. The van der Waals surface area contributed by atoms with Crippen LogP contribution in [0.15, 0.2) is 0 Å². The molecule has 92 valence electrons. The Morgan fingerprint density at radius 1 is 1.00 bits per heavy atom. The Morgan fingerprint density at radius 2 is 1.56 bits per heavy atom. The summed E-state index contributed by atoms with van der Waals surface area (Å²) in [7, 11) is 1.73. The van der Waals surface area contributed by atoms with E-state index in [0.717, 1.165) is 38.5 Å². The molecule has 0 unspecified atom stereocenters. The summed E-state index contributed by atoms with van der Waals surface area (Å²) >= 11 is 0. The predicted molar refractivity (Wildman–Crippen MR) is 64.4 cm³/mol. The number of methoxy groups -OCH3 is 1. The second kappa shape index (κ2) is 5.31. The number of ether oxygens (including phenoxy) is 1. The van der Waals surface area contributed by atoms with Gasteiger partial charge in [0.1, 0.15) is 5.60 Å². The van der Waals surface area contributed by atoms with Crippen LogP contribution in [0.1, 0.15) is 64.2 Å². The van der Waals surface area contributed by atoms with Crippen molar-refractivity contribution in [2.45, 2.75) is 69.8 Å². The zero-order valence-corrected chi connectivity index (χ0v) is 10.5. The molecule has 0 heterocycles.